The number of nitrogens with one attached hydrogen (secondary N) is 1. The Morgan fingerprint density at radius 2 is 2.58 bits per heavy atom. The van der Waals surface area contributed by atoms with Gasteiger partial charge >= 0.3 is 0 Å². The summed E-state index contributed by atoms with van der Waals surface area (Å²) >= 11 is 0. The molecule has 0 fully saturated rings. The first-order valence-electron chi connectivity index (χ1n) is 4.10. The lowest BCUT2D eigenvalue weighted by molar-refractivity contribution is 0.428. The summed E-state index contributed by atoms with van der Waals surface area (Å²) in [5.41, 5.74) is 12.0. The standard InChI is InChI=1S/C7H13N5/c8-3-5-1-2-10-7-6(9)4-11-12(5)7/h4-5,10H,1-3,8-9H2. The van der Waals surface area contributed by atoms with Gasteiger partial charge in [0, 0.05) is 13.1 Å². The molecule has 1 unspecified atom stereocenters. The van der Waals surface area contributed by atoms with Crippen molar-refractivity contribution in [1.29, 1.82) is 0 Å². The Kier molecular flexibility index (Phi) is 1.65. The molecule has 66 valence electrons. The molecule has 12 heavy (non-hydrogen) atoms. The van der Waals surface area contributed by atoms with Crippen LogP contribution in [-0.4, -0.2) is 22.9 Å². The third-order valence-corrected chi connectivity index (χ3v) is 2.21. The minimum atomic E-state index is 0.304. The molecule has 0 saturated heterocycles. The maximum Gasteiger partial charge on any atom is 0.148 e. The molecule has 2 rings (SSSR count). The van der Waals surface area contributed by atoms with Crippen molar-refractivity contribution in [2.75, 3.05) is 24.1 Å². The number of rotatable bonds is 1. The summed E-state index contributed by atoms with van der Waals surface area (Å²) in [7, 11) is 0. The minimum absolute atomic E-state index is 0.304. The van der Waals surface area contributed by atoms with Crippen molar-refractivity contribution >= 4 is 11.5 Å². The number of hydrogen-bond donors (Lipinski definition) is 3. The topological polar surface area (TPSA) is 81.9 Å². The molecule has 0 aromatic carbocycles. The predicted octanol–water partition coefficient (Wildman–Crippen LogP) is -0.219. The Bertz CT molecular complexity index is 279. The highest BCUT2D eigenvalue weighted by Gasteiger charge is 2.20. The summed E-state index contributed by atoms with van der Waals surface area (Å²) in [6, 6.07) is 0.304. The average molecular weight is 167 g/mol. The number of nitrogens with two attached hydrogens (primary N) is 2. The van der Waals surface area contributed by atoms with Crippen molar-refractivity contribution < 1.29 is 0 Å². The number of aromatic nitrogens is 2. The highest BCUT2D eigenvalue weighted by molar-refractivity contribution is 5.61. The Hall–Kier alpha value is -1.23. The number of anilines is 2. The summed E-state index contributed by atoms with van der Waals surface area (Å²) in [4.78, 5) is 0. The van der Waals surface area contributed by atoms with Crippen LogP contribution in [0.1, 0.15) is 12.5 Å². The molecule has 0 aliphatic carbocycles. The largest absolute Gasteiger partial charge is 0.394 e. The maximum atomic E-state index is 5.69. The molecule has 5 N–H and O–H groups in total. The maximum absolute atomic E-state index is 5.69. The predicted molar refractivity (Wildman–Crippen MR) is 47.8 cm³/mol. The van der Waals surface area contributed by atoms with E-state index in [9.17, 15) is 0 Å². The van der Waals surface area contributed by atoms with Gasteiger partial charge in [-0.05, 0) is 6.42 Å². The zero-order valence-corrected chi connectivity index (χ0v) is 6.83. The number of fused-ring (bicyclic) bond motifs is 1. The normalized spacial score (nSPS) is 21.6. The molecule has 1 aromatic heterocycles. The fourth-order valence-electron chi connectivity index (χ4n) is 1.53. The van der Waals surface area contributed by atoms with E-state index < -0.39 is 0 Å². The van der Waals surface area contributed by atoms with E-state index in [1.807, 2.05) is 4.68 Å². The van der Waals surface area contributed by atoms with Gasteiger partial charge in [0.1, 0.15) is 5.82 Å². The van der Waals surface area contributed by atoms with Gasteiger partial charge in [-0.15, -0.1) is 0 Å². The lowest BCUT2D eigenvalue weighted by atomic mass is 10.2. The van der Waals surface area contributed by atoms with Crippen LogP contribution in [0.2, 0.25) is 0 Å². The van der Waals surface area contributed by atoms with E-state index in [-0.39, 0.29) is 0 Å². The van der Waals surface area contributed by atoms with Gasteiger partial charge in [-0.25, -0.2) is 4.68 Å². The Morgan fingerprint density at radius 3 is 3.33 bits per heavy atom. The van der Waals surface area contributed by atoms with Crippen LogP contribution in [0.15, 0.2) is 6.20 Å². The molecule has 0 amide bonds. The molecule has 0 bridgehead atoms. The van der Waals surface area contributed by atoms with Crippen LogP contribution in [-0.2, 0) is 0 Å². The molecule has 0 spiro atoms. The van der Waals surface area contributed by atoms with Gasteiger partial charge in [-0.3, -0.25) is 0 Å². The SMILES string of the molecule is NCC1CCNc2c(N)cnn21. The van der Waals surface area contributed by atoms with Crippen molar-refractivity contribution in [2.45, 2.75) is 12.5 Å². The third kappa shape index (κ3) is 0.937. The minimum Gasteiger partial charge on any atom is -0.394 e. The van der Waals surface area contributed by atoms with E-state index >= 15 is 0 Å². The lowest BCUT2D eigenvalue weighted by Gasteiger charge is -2.24. The van der Waals surface area contributed by atoms with Crippen LogP contribution in [0.5, 0.6) is 0 Å². The monoisotopic (exact) mass is 167 g/mol. The van der Waals surface area contributed by atoms with Crippen LogP contribution in [0.4, 0.5) is 11.5 Å². The van der Waals surface area contributed by atoms with Crippen molar-refractivity contribution in [3.63, 3.8) is 0 Å². The van der Waals surface area contributed by atoms with Gasteiger partial charge in [-0.2, -0.15) is 5.10 Å². The summed E-state index contributed by atoms with van der Waals surface area (Å²) in [6.45, 7) is 1.55. The fourth-order valence-corrected chi connectivity index (χ4v) is 1.53. The number of nitrogen functional groups attached to an aromatic ring is 1. The lowest BCUT2D eigenvalue weighted by Crippen LogP contribution is -2.29. The van der Waals surface area contributed by atoms with Crippen LogP contribution >= 0.6 is 0 Å². The third-order valence-electron chi connectivity index (χ3n) is 2.21. The van der Waals surface area contributed by atoms with Gasteiger partial charge in [0.05, 0.1) is 17.9 Å². The van der Waals surface area contributed by atoms with E-state index in [4.69, 9.17) is 11.5 Å². The van der Waals surface area contributed by atoms with Crippen LogP contribution in [0.25, 0.3) is 0 Å². The summed E-state index contributed by atoms with van der Waals surface area (Å²) in [6.07, 6.45) is 2.68. The highest BCUT2D eigenvalue weighted by Crippen LogP contribution is 2.26. The fraction of sp³-hybridized carbons (Fsp3) is 0.571. The van der Waals surface area contributed by atoms with Crippen molar-refractivity contribution in [1.82, 2.24) is 9.78 Å². The molecule has 5 nitrogen and oxygen atoms in total. The number of hydrogen-bond acceptors (Lipinski definition) is 4. The quantitative estimate of drug-likeness (QED) is 0.540. The molecule has 0 radical (unpaired) electrons. The van der Waals surface area contributed by atoms with Crippen LogP contribution in [0.3, 0.4) is 0 Å². The van der Waals surface area contributed by atoms with E-state index in [1.54, 1.807) is 6.20 Å². The molecule has 1 atom stereocenters. The molecule has 1 aliphatic rings. The molecular formula is C7H13N5. The smallest absolute Gasteiger partial charge is 0.148 e. The first kappa shape index (κ1) is 7.42. The van der Waals surface area contributed by atoms with Gasteiger partial charge < -0.3 is 16.8 Å². The van der Waals surface area contributed by atoms with Crippen LogP contribution < -0.4 is 16.8 Å². The molecular weight excluding hydrogens is 154 g/mol. The van der Waals surface area contributed by atoms with Gasteiger partial charge in [0.25, 0.3) is 0 Å². The van der Waals surface area contributed by atoms with E-state index in [0.717, 1.165) is 18.8 Å². The van der Waals surface area contributed by atoms with Gasteiger partial charge in [-0.1, -0.05) is 0 Å². The van der Waals surface area contributed by atoms with Gasteiger partial charge in [0.15, 0.2) is 0 Å². The van der Waals surface area contributed by atoms with Gasteiger partial charge in [0.2, 0.25) is 0 Å². The highest BCUT2D eigenvalue weighted by atomic mass is 15.4. The Balaban J connectivity index is 2.38. The molecule has 5 heteroatoms. The number of nitrogens with zero attached hydrogens (tertiary/aromatic N) is 2. The first-order valence-corrected chi connectivity index (χ1v) is 4.10. The molecule has 1 aromatic rings. The van der Waals surface area contributed by atoms with E-state index in [2.05, 4.69) is 10.4 Å². The van der Waals surface area contributed by atoms with Crippen LogP contribution in [0, 0.1) is 0 Å². The molecule has 1 aliphatic heterocycles. The second-order valence-electron chi connectivity index (χ2n) is 3.00. The molecule has 2 heterocycles. The zero-order valence-electron chi connectivity index (χ0n) is 6.83. The Labute approximate surface area is 70.7 Å². The first-order chi connectivity index (χ1) is 5.83. The van der Waals surface area contributed by atoms with Crippen molar-refractivity contribution in [3.05, 3.63) is 6.20 Å². The second kappa shape index (κ2) is 2.67. The van der Waals surface area contributed by atoms with E-state index in [1.165, 1.54) is 0 Å². The van der Waals surface area contributed by atoms with E-state index in [0.29, 0.717) is 18.3 Å². The zero-order chi connectivity index (χ0) is 8.55. The second-order valence-corrected chi connectivity index (χ2v) is 3.00. The summed E-state index contributed by atoms with van der Waals surface area (Å²) in [5, 5.41) is 7.35. The summed E-state index contributed by atoms with van der Waals surface area (Å²) in [5.74, 6) is 0.914. The van der Waals surface area contributed by atoms with Crippen molar-refractivity contribution in [2.24, 2.45) is 5.73 Å². The Morgan fingerprint density at radius 1 is 1.75 bits per heavy atom. The summed E-state index contributed by atoms with van der Waals surface area (Å²) < 4.78 is 1.87. The average Bonchev–Trinajstić information content (AvgIpc) is 2.48. The molecule has 0 saturated carbocycles. The van der Waals surface area contributed by atoms with Crippen molar-refractivity contribution in [3.8, 4) is 0 Å².